The Bertz CT molecular complexity index is 664. The van der Waals surface area contributed by atoms with E-state index in [4.69, 9.17) is 5.11 Å². The quantitative estimate of drug-likeness (QED) is 0.861. The maximum Gasteiger partial charge on any atom is 0.411 e. The first kappa shape index (κ1) is 15.3. The molecule has 0 fully saturated rings. The van der Waals surface area contributed by atoms with Crippen molar-refractivity contribution in [2.75, 3.05) is 13.2 Å². The average Bonchev–Trinajstić information content (AvgIpc) is 2.70. The van der Waals surface area contributed by atoms with Crippen LogP contribution in [-0.2, 0) is 18.2 Å². The van der Waals surface area contributed by atoms with Crippen LogP contribution < -0.4 is 0 Å². The zero-order valence-corrected chi connectivity index (χ0v) is 11.1. The molecule has 0 spiro atoms. The third kappa shape index (κ3) is 3.72. The smallest absolute Gasteiger partial charge is 0.411 e. The minimum absolute atomic E-state index is 0.109. The third-order valence-corrected chi connectivity index (χ3v) is 2.96. The van der Waals surface area contributed by atoms with Crippen LogP contribution in [0, 0.1) is 0 Å². The van der Waals surface area contributed by atoms with Gasteiger partial charge in [-0.05, 0) is 18.2 Å². The van der Waals surface area contributed by atoms with Crippen molar-refractivity contribution in [3.63, 3.8) is 0 Å². The number of nitrogens with zero attached hydrogens (tertiary/aromatic N) is 2. The number of carbonyl (C=O) groups is 1. The molecule has 0 atom stereocenters. The number of aryl methyl sites for hydroxylation is 1. The maximum atomic E-state index is 11.9. The second kappa shape index (κ2) is 5.72. The number of hydrogen-bond donors (Lipinski definition) is 1. The van der Waals surface area contributed by atoms with Gasteiger partial charge in [0.05, 0.1) is 23.2 Å². The van der Waals surface area contributed by atoms with E-state index in [2.05, 4.69) is 9.72 Å². The molecule has 0 amide bonds. The summed E-state index contributed by atoms with van der Waals surface area (Å²) < 4.78 is 42.1. The molecule has 1 aromatic carbocycles. The van der Waals surface area contributed by atoms with Crippen molar-refractivity contribution in [1.29, 1.82) is 0 Å². The van der Waals surface area contributed by atoms with Gasteiger partial charge in [0.25, 0.3) is 0 Å². The van der Waals surface area contributed by atoms with Crippen LogP contribution in [0.15, 0.2) is 18.2 Å². The summed E-state index contributed by atoms with van der Waals surface area (Å²) in [6.07, 6.45) is -4.13. The second-order valence-corrected chi connectivity index (χ2v) is 4.51. The molecule has 0 radical (unpaired) electrons. The lowest BCUT2D eigenvalue weighted by Gasteiger charge is -2.07. The molecular formula is C13H13F3N2O3. The second-order valence-electron chi connectivity index (χ2n) is 4.51. The van der Waals surface area contributed by atoms with E-state index in [0.717, 1.165) is 0 Å². The Kier molecular flexibility index (Phi) is 4.17. The molecule has 0 aliphatic carbocycles. The fraction of sp³-hybridized carbons (Fsp3) is 0.385. The Morgan fingerprint density at radius 1 is 1.43 bits per heavy atom. The van der Waals surface area contributed by atoms with Crippen LogP contribution in [-0.4, -0.2) is 40.0 Å². The van der Waals surface area contributed by atoms with Gasteiger partial charge in [-0.2, -0.15) is 13.2 Å². The molecular weight excluding hydrogens is 289 g/mol. The molecule has 0 aliphatic heterocycles. The Hall–Kier alpha value is -2.09. The largest absolute Gasteiger partial charge is 0.478 e. The Morgan fingerprint density at radius 2 is 2.14 bits per heavy atom. The van der Waals surface area contributed by atoms with E-state index < -0.39 is 18.8 Å². The van der Waals surface area contributed by atoms with Crippen molar-refractivity contribution in [3.05, 3.63) is 29.6 Å². The number of alkyl halides is 3. The van der Waals surface area contributed by atoms with Crippen molar-refractivity contribution in [2.45, 2.75) is 12.6 Å². The van der Waals surface area contributed by atoms with Gasteiger partial charge in [-0.25, -0.2) is 9.78 Å². The lowest BCUT2D eigenvalue weighted by Crippen LogP contribution is -2.18. The predicted molar refractivity (Wildman–Crippen MR) is 68.3 cm³/mol. The van der Waals surface area contributed by atoms with E-state index >= 15 is 0 Å². The van der Waals surface area contributed by atoms with Crippen LogP contribution >= 0.6 is 0 Å². The highest BCUT2D eigenvalue weighted by molar-refractivity contribution is 5.92. The number of aromatic nitrogens is 2. The van der Waals surface area contributed by atoms with E-state index in [-0.39, 0.29) is 18.6 Å². The zero-order valence-electron chi connectivity index (χ0n) is 11.1. The molecule has 0 unspecified atom stereocenters. The molecule has 0 aliphatic rings. The molecule has 114 valence electrons. The summed E-state index contributed by atoms with van der Waals surface area (Å²) in [6, 6.07) is 4.50. The van der Waals surface area contributed by atoms with Crippen LogP contribution in [0.25, 0.3) is 11.0 Å². The lowest BCUT2D eigenvalue weighted by atomic mass is 10.2. The summed E-state index contributed by atoms with van der Waals surface area (Å²) >= 11 is 0. The minimum Gasteiger partial charge on any atom is -0.478 e. The van der Waals surface area contributed by atoms with Gasteiger partial charge in [0.2, 0.25) is 0 Å². The highest BCUT2D eigenvalue weighted by Gasteiger charge is 2.27. The molecule has 0 saturated heterocycles. The summed E-state index contributed by atoms with van der Waals surface area (Å²) in [5.41, 5.74) is 1.31. The van der Waals surface area contributed by atoms with E-state index in [1.165, 1.54) is 12.1 Å². The van der Waals surface area contributed by atoms with Crippen molar-refractivity contribution in [1.82, 2.24) is 9.55 Å². The maximum absolute atomic E-state index is 11.9. The topological polar surface area (TPSA) is 64.4 Å². The van der Waals surface area contributed by atoms with Crippen LogP contribution in [0.4, 0.5) is 13.2 Å². The van der Waals surface area contributed by atoms with Crippen LogP contribution in [0.1, 0.15) is 16.2 Å². The number of imidazole rings is 1. The Labute approximate surface area is 118 Å². The van der Waals surface area contributed by atoms with Gasteiger partial charge < -0.3 is 14.4 Å². The molecule has 21 heavy (non-hydrogen) atoms. The lowest BCUT2D eigenvalue weighted by molar-refractivity contribution is -0.173. The first-order valence-corrected chi connectivity index (χ1v) is 6.11. The minimum atomic E-state index is -4.34. The standard InChI is InChI=1S/C13H13F3N2O3/c1-18-10-3-2-8(12(19)20)6-9(10)17-11(18)4-5-21-7-13(14,15)16/h2-3,6H,4-5,7H2,1H3,(H,19,20). The van der Waals surface area contributed by atoms with Crippen molar-refractivity contribution < 1.29 is 27.8 Å². The van der Waals surface area contributed by atoms with Gasteiger partial charge in [0.1, 0.15) is 12.4 Å². The number of fused-ring (bicyclic) bond motifs is 1. The summed E-state index contributed by atoms with van der Waals surface area (Å²) in [6.45, 7) is -1.40. The van der Waals surface area contributed by atoms with Crippen LogP contribution in [0.3, 0.4) is 0 Å². The normalized spacial score (nSPS) is 12.0. The van der Waals surface area contributed by atoms with Gasteiger partial charge in [-0.1, -0.05) is 0 Å². The summed E-state index contributed by atoms with van der Waals surface area (Å²) in [7, 11) is 1.72. The first-order valence-electron chi connectivity index (χ1n) is 6.11. The predicted octanol–water partition coefficient (Wildman–Crippen LogP) is 2.39. The first-order chi connectivity index (χ1) is 9.78. The molecule has 1 heterocycles. The summed E-state index contributed by atoms with van der Waals surface area (Å²) in [5, 5.41) is 8.91. The van der Waals surface area contributed by atoms with Gasteiger partial charge in [-0.3, -0.25) is 0 Å². The van der Waals surface area contributed by atoms with E-state index in [1.807, 2.05) is 0 Å². The highest BCUT2D eigenvalue weighted by Crippen LogP contribution is 2.18. The molecule has 2 aromatic rings. The van der Waals surface area contributed by atoms with Gasteiger partial charge in [-0.15, -0.1) is 0 Å². The average molecular weight is 302 g/mol. The molecule has 0 saturated carbocycles. The van der Waals surface area contributed by atoms with E-state index in [9.17, 15) is 18.0 Å². The number of ether oxygens (including phenoxy) is 1. The van der Waals surface area contributed by atoms with Crippen molar-refractivity contribution >= 4 is 17.0 Å². The number of benzene rings is 1. The van der Waals surface area contributed by atoms with Gasteiger partial charge in [0, 0.05) is 13.5 Å². The Balaban J connectivity index is 2.10. The zero-order chi connectivity index (χ0) is 15.6. The Morgan fingerprint density at radius 3 is 2.76 bits per heavy atom. The molecule has 1 N–H and O–H groups in total. The number of carboxylic acids is 1. The molecule has 8 heteroatoms. The van der Waals surface area contributed by atoms with Crippen LogP contribution in [0.5, 0.6) is 0 Å². The fourth-order valence-electron chi connectivity index (χ4n) is 1.96. The van der Waals surface area contributed by atoms with Gasteiger partial charge >= 0.3 is 12.1 Å². The molecule has 1 aromatic heterocycles. The number of rotatable bonds is 5. The third-order valence-electron chi connectivity index (χ3n) is 2.96. The summed E-state index contributed by atoms with van der Waals surface area (Å²) in [4.78, 5) is 15.1. The fourth-order valence-corrected chi connectivity index (χ4v) is 1.96. The van der Waals surface area contributed by atoms with Gasteiger partial charge in [0.15, 0.2) is 0 Å². The SMILES string of the molecule is Cn1c(CCOCC(F)(F)F)nc2cc(C(=O)O)ccc21. The number of carboxylic acid groups (broad SMARTS) is 1. The number of halogens is 3. The van der Waals surface area contributed by atoms with Crippen molar-refractivity contribution in [3.8, 4) is 0 Å². The molecule has 5 nitrogen and oxygen atoms in total. The molecule has 2 rings (SSSR count). The monoisotopic (exact) mass is 302 g/mol. The van der Waals surface area contributed by atoms with E-state index in [1.54, 1.807) is 17.7 Å². The summed E-state index contributed by atoms with van der Waals surface area (Å²) in [5.74, 6) is -0.521. The highest BCUT2D eigenvalue weighted by atomic mass is 19.4. The van der Waals surface area contributed by atoms with E-state index in [0.29, 0.717) is 16.9 Å². The molecule has 0 bridgehead atoms. The number of aromatic carboxylic acids is 1. The van der Waals surface area contributed by atoms with Crippen LogP contribution in [0.2, 0.25) is 0 Å². The number of hydrogen-bond acceptors (Lipinski definition) is 3. The van der Waals surface area contributed by atoms with Crippen molar-refractivity contribution in [2.24, 2.45) is 7.05 Å².